The lowest BCUT2D eigenvalue weighted by atomic mass is 10.2. The molecule has 4 nitrogen and oxygen atoms in total. The molecular weight excluding hydrogens is 309 g/mol. The summed E-state index contributed by atoms with van der Waals surface area (Å²) in [5.41, 5.74) is 0.818. The number of hydrogen-bond donors (Lipinski definition) is 1. The summed E-state index contributed by atoms with van der Waals surface area (Å²) >= 11 is 11.5. The van der Waals surface area contributed by atoms with Crippen LogP contribution in [0.25, 0.3) is 0 Å². The summed E-state index contributed by atoms with van der Waals surface area (Å²) in [7, 11) is -3.63. The molecule has 1 aromatic carbocycles. The van der Waals surface area contributed by atoms with Gasteiger partial charge in [-0.05, 0) is 48.4 Å². The minimum absolute atomic E-state index is 0.0283. The van der Waals surface area contributed by atoms with Crippen LogP contribution in [0.15, 0.2) is 39.6 Å². The smallest absolute Gasteiger partial charge is 0.241 e. The van der Waals surface area contributed by atoms with Crippen molar-refractivity contribution < 1.29 is 12.8 Å². The van der Waals surface area contributed by atoms with E-state index in [1.54, 1.807) is 25.1 Å². The summed E-state index contributed by atoms with van der Waals surface area (Å²) in [6, 6.07) is 7.72. The van der Waals surface area contributed by atoms with Crippen LogP contribution in [0.4, 0.5) is 0 Å². The fourth-order valence-corrected chi connectivity index (χ4v) is 2.86. The molecule has 0 spiro atoms. The zero-order chi connectivity index (χ0) is 14.0. The van der Waals surface area contributed by atoms with Crippen LogP contribution in [-0.2, 0) is 16.6 Å². The van der Waals surface area contributed by atoms with Crippen molar-refractivity contribution >= 4 is 33.2 Å². The molecule has 0 unspecified atom stereocenters. The van der Waals surface area contributed by atoms with Crippen LogP contribution >= 0.6 is 23.2 Å². The van der Waals surface area contributed by atoms with E-state index >= 15 is 0 Å². The van der Waals surface area contributed by atoms with E-state index in [0.29, 0.717) is 10.8 Å². The van der Waals surface area contributed by atoms with Gasteiger partial charge in [-0.15, -0.1) is 0 Å². The second-order valence-electron chi connectivity index (χ2n) is 3.94. The highest BCUT2D eigenvalue weighted by Gasteiger charge is 2.15. The number of sulfonamides is 1. The molecule has 0 saturated carbocycles. The first-order valence-corrected chi connectivity index (χ1v) is 7.62. The second kappa shape index (κ2) is 5.54. The number of benzene rings is 1. The van der Waals surface area contributed by atoms with Crippen LogP contribution < -0.4 is 4.72 Å². The van der Waals surface area contributed by atoms with E-state index in [1.165, 1.54) is 12.1 Å². The topological polar surface area (TPSA) is 59.3 Å². The number of nitrogens with one attached hydrogen (secondary N) is 1. The van der Waals surface area contributed by atoms with Crippen molar-refractivity contribution in [3.8, 4) is 0 Å². The molecule has 19 heavy (non-hydrogen) atoms. The van der Waals surface area contributed by atoms with Crippen molar-refractivity contribution in [3.05, 3.63) is 51.9 Å². The Kier molecular flexibility index (Phi) is 4.20. The molecule has 0 amide bonds. The van der Waals surface area contributed by atoms with Gasteiger partial charge in [-0.25, -0.2) is 13.1 Å². The van der Waals surface area contributed by atoms with Gasteiger partial charge in [-0.1, -0.05) is 17.7 Å². The summed E-state index contributed by atoms with van der Waals surface area (Å²) in [5, 5.41) is 0.622. The molecule has 7 heteroatoms. The van der Waals surface area contributed by atoms with Crippen molar-refractivity contribution in [2.75, 3.05) is 0 Å². The summed E-state index contributed by atoms with van der Waals surface area (Å²) in [5.74, 6) is 0.437. The van der Waals surface area contributed by atoms with Crippen LogP contribution in [0.5, 0.6) is 0 Å². The Morgan fingerprint density at radius 3 is 2.53 bits per heavy atom. The average Bonchev–Trinajstić information content (AvgIpc) is 2.76. The van der Waals surface area contributed by atoms with Gasteiger partial charge in [-0.2, -0.15) is 0 Å². The van der Waals surface area contributed by atoms with Gasteiger partial charge in [0.15, 0.2) is 5.22 Å². The molecule has 0 aliphatic heterocycles. The van der Waals surface area contributed by atoms with E-state index in [4.69, 9.17) is 27.6 Å². The van der Waals surface area contributed by atoms with Crippen molar-refractivity contribution in [1.82, 2.24) is 4.72 Å². The van der Waals surface area contributed by atoms with Crippen LogP contribution in [0.2, 0.25) is 10.2 Å². The lowest BCUT2D eigenvalue weighted by molar-refractivity contribution is 0.500. The Morgan fingerprint density at radius 1 is 1.21 bits per heavy atom. The predicted octanol–water partition coefficient (Wildman–Crippen LogP) is 3.37. The third-order valence-electron chi connectivity index (χ3n) is 2.52. The predicted molar refractivity (Wildman–Crippen MR) is 73.9 cm³/mol. The Balaban J connectivity index is 2.16. The minimum Gasteiger partial charge on any atom is -0.448 e. The maximum atomic E-state index is 12.0. The monoisotopic (exact) mass is 319 g/mol. The van der Waals surface area contributed by atoms with Crippen molar-refractivity contribution in [2.24, 2.45) is 0 Å². The Labute approximate surface area is 121 Å². The van der Waals surface area contributed by atoms with Crippen LogP contribution in [-0.4, -0.2) is 8.42 Å². The Morgan fingerprint density at radius 2 is 1.95 bits per heavy atom. The largest absolute Gasteiger partial charge is 0.448 e. The highest BCUT2D eigenvalue weighted by molar-refractivity contribution is 7.89. The maximum absolute atomic E-state index is 12.0. The lowest BCUT2D eigenvalue weighted by Crippen LogP contribution is -2.23. The molecule has 2 aromatic rings. The second-order valence-corrected chi connectivity index (χ2v) is 6.49. The molecule has 1 aromatic heterocycles. The zero-order valence-electron chi connectivity index (χ0n) is 9.98. The molecule has 1 N–H and O–H groups in total. The van der Waals surface area contributed by atoms with Gasteiger partial charge in [0, 0.05) is 5.02 Å². The van der Waals surface area contributed by atoms with Crippen molar-refractivity contribution in [2.45, 2.75) is 18.4 Å². The fourth-order valence-electron chi connectivity index (χ4n) is 1.44. The normalized spacial score (nSPS) is 11.7. The highest BCUT2D eigenvalue weighted by Crippen LogP contribution is 2.20. The zero-order valence-corrected chi connectivity index (χ0v) is 12.3. The third-order valence-corrected chi connectivity index (χ3v) is 4.53. The molecule has 0 fully saturated rings. The lowest BCUT2D eigenvalue weighted by Gasteiger charge is -2.06. The van der Waals surface area contributed by atoms with E-state index in [0.717, 1.165) is 5.56 Å². The molecular formula is C12H11Cl2NO3S. The van der Waals surface area contributed by atoms with E-state index in [2.05, 4.69) is 4.72 Å². The molecule has 0 aliphatic carbocycles. The van der Waals surface area contributed by atoms with Crippen LogP contribution in [0, 0.1) is 6.92 Å². The standard InChI is InChI=1S/C12H11Cl2NO3S/c1-8-2-4-10(6-11(8)13)19(16,17)15-7-9-3-5-12(14)18-9/h2-6,15H,7H2,1H3. The summed E-state index contributed by atoms with van der Waals surface area (Å²) in [6.45, 7) is 1.83. The molecule has 0 bridgehead atoms. The number of halogens is 2. The molecule has 0 aliphatic rings. The number of rotatable bonds is 4. The Bertz CT molecular complexity index is 695. The molecule has 0 atom stereocenters. The van der Waals surface area contributed by atoms with E-state index in [-0.39, 0.29) is 16.7 Å². The maximum Gasteiger partial charge on any atom is 0.241 e. The summed E-state index contributed by atoms with van der Waals surface area (Å²) in [4.78, 5) is 0.112. The Hall–Kier alpha value is -1.01. The quantitative estimate of drug-likeness (QED) is 0.939. The average molecular weight is 320 g/mol. The van der Waals surface area contributed by atoms with E-state index in [9.17, 15) is 8.42 Å². The van der Waals surface area contributed by atoms with Crippen LogP contribution in [0.1, 0.15) is 11.3 Å². The SMILES string of the molecule is Cc1ccc(S(=O)(=O)NCc2ccc(Cl)o2)cc1Cl. The first kappa shape index (κ1) is 14.4. The minimum atomic E-state index is -3.63. The highest BCUT2D eigenvalue weighted by atomic mass is 35.5. The van der Waals surface area contributed by atoms with Crippen LogP contribution in [0.3, 0.4) is 0 Å². The van der Waals surface area contributed by atoms with Gasteiger partial charge < -0.3 is 4.42 Å². The first-order chi connectivity index (χ1) is 8.88. The third kappa shape index (κ3) is 3.51. The van der Waals surface area contributed by atoms with E-state index < -0.39 is 10.0 Å². The van der Waals surface area contributed by atoms with Gasteiger partial charge >= 0.3 is 0 Å². The van der Waals surface area contributed by atoms with E-state index in [1.807, 2.05) is 0 Å². The number of hydrogen-bond acceptors (Lipinski definition) is 3. The molecule has 0 saturated heterocycles. The summed E-state index contributed by atoms with van der Waals surface area (Å²) < 4.78 is 31.5. The van der Waals surface area contributed by atoms with Crippen molar-refractivity contribution in [1.29, 1.82) is 0 Å². The van der Waals surface area contributed by atoms with Gasteiger partial charge in [0.25, 0.3) is 0 Å². The summed E-state index contributed by atoms with van der Waals surface area (Å²) in [6.07, 6.45) is 0. The van der Waals surface area contributed by atoms with Gasteiger partial charge in [0.05, 0.1) is 11.4 Å². The van der Waals surface area contributed by atoms with Gasteiger partial charge in [0.1, 0.15) is 5.76 Å². The number of furan rings is 1. The first-order valence-electron chi connectivity index (χ1n) is 5.38. The fraction of sp³-hybridized carbons (Fsp3) is 0.167. The molecule has 102 valence electrons. The molecule has 2 rings (SSSR count). The van der Waals surface area contributed by atoms with Gasteiger partial charge in [0.2, 0.25) is 10.0 Å². The molecule has 0 radical (unpaired) electrons. The van der Waals surface area contributed by atoms with Gasteiger partial charge in [-0.3, -0.25) is 0 Å². The van der Waals surface area contributed by atoms with Crippen molar-refractivity contribution in [3.63, 3.8) is 0 Å². The molecule has 1 heterocycles. The number of aryl methyl sites for hydroxylation is 1.